The molecule has 0 bridgehead atoms. The van der Waals surface area contributed by atoms with Gasteiger partial charge in [0, 0.05) is 42.3 Å². The lowest BCUT2D eigenvalue weighted by molar-refractivity contribution is -0.129. The molecule has 0 unspecified atom stereocenters. The van der Waals surface area contributed by atoms with Crippen molar-refractivity contribution in [2.75, 3.05) is 19.4 Å². The maximum absolute atomic E-state index is 12.0. The third kappa shape index (κ3) is 3.21. The van der Waals surface area contributed by atoms with E-state index in [1.165, 1.54) is 0 Å². The second-order valence-electron chi connectivity index (χ2n) is 5.25. The molecule has 0 saturated heterocycles. The summed E-state index contributed by atoms with van der Waals surface area (Å²) in [7, 11) is 3.46. The van der Waals surface area contributed by atoms with E-state index < -0.39 is 0 Å². The molecule has 2 aromatic heterocycles. The van der Waals surface area contributed by atoms with Crippen LogP contribution in [0.1, 0.15) is 10.5 Å². The van der Waals surface area contributed by atoms with E-state index in [0.717, 1.165) is 22.4 Å². The quantitative estimate of drug-likeness (QED) is 0.792. The van der Waals surface area contributed by atoms with E-state index in [1.807, 2.05) is 29.0 Å². The number of aromatic nitrogens is 3. The van der Waals surface area contributed by atoms with E-state index in [-0.39, 0.29) is 18.4 Å². The molecule has 2 amide bonds. The lowest BCUT2D eigenvalue weighted by Gasteiger charge is -2.11. The van der Waals surface area contributed by atoms with Crippen LogP contribution in [-0.4, -0.2) is 45.0 Å². The first-order chi connectivity index (χ1) is 11.0. The number of nitrogens with one attached hydrogen (secondary N) is 1. The first-order valence-electron chi connectivity index (χ1n) is 6.92. The molecule has 0 aliphatic carbocycles. The number of carbonyl (C=O) groups excluding carboxylic acids is 2. The third-order valence-corrected chi connectivity index (χ3v) is 3.93. The Morgan fingerprint density at radius 1 is 1.30 bits per heavy atom. The Morgan fingerprint density at radius 2 is 2.13 bits per heavy atom. The molecule has 0 aliphatic rings. The number of benzene rings is 1. The maximum Gasteiger partial charge on any atom is 0.277 e. The Morgan fingerprint density at radius 3 is 2.83 bits per heavy atom. The van der Waals surface area contributed by atoms with Gasteiger partial charge in [-0.1, -0.05) is 4.49 Å². The number of anilines is 1. The predicted octanol–water partition coefficient (Wildman–Crippen LogP) is 1.83. The molecule has 8 heteroatoms. The molecule has 0 aliphatic heterocycles. The van der Waals surface area contributed by atoms with Crippen LogP contribution >= 0.6 is 11.5 Å². The molecule has 0 fully saturated rings. The van der Waals surface area contributed by atoms with Crippen LogP contribution in [0.4, 0.5) is 5.69 Å². The minimum absolute atomic E-state index is 0.0240. The molecule has 1 N–H and O–H groups in total. The fourth-order valence-corrected chi connectivity index (χ4v) is 2.60. The fourth-order valence-electron chi connectivity index (χ4n) is 2.16. The standard InChI is InChI=1S/C15H15N5O2S/c1-19(2)14(21)8-20-6-5-10-7-11(3-4-13(10)20)16-15(22)12-9-23-18-17-12/h3-7,9H,8H2,1-2H3,(H,16,22). The van der Waals surface area contributed by atoms with Crippen LogP contribution < -0.4 is 5.32 Å². The van der Waals surface area contributed by atoms with E-state index in [1.54, 1.807) is 30.4 Å². The van der Waals surface area contributed by atoms with Crippen molar-refractivity contribution < 1.29 is 9.59 Å². The average Bonchev–Trinajstić information content (AvgIpc) is 3.17. The zero-order valence-electron chi connectivity index (χ0n) is 12.7. The molecule has 0 atom stereocenters. The number of rotatable bonds is 4. The van der Waals surface area contributed by atoms with Crippen LogP contribution in [0.25, 0.3) is 10.9 Å². The van der Waals surface area contributed by atoms with Crippen LogP contribution in [0.5, 0.6) is 0 Å². The van der Waals surface area contributed by atoms with Gasteiger partial charge in [-0.05, 0) is 35.8 Å². The first-order valence-corrected chi connectivity index (χ1v) is 7.76. The van der Waals surface area contributed by atoms with Gasteiger partial charge in [0.2, 0.25) is 5.91 Å². The van der Waals surface area contributed by atoms with Gasteiger partial charge in [-0.15, -0.1) is 5.10 Å². The topological polar surface area (TPSA) is 80.1 Å². The number of carbonyl (C=O) groups is 2. The number of amides is 2. The Hall–Kier alpha value is -2.74. The molecule has 7 nitrogen and oxygen atoms in total. The van der Waals surface area contributed by atoms with E-state index in [2.05, 4.69) is 14.9 Å². The van der Waals surface area contributed by atoms with Gasteiger partial charge in [-0.25, -0.2) is 0 Å². The summed E-state index contributed by atoms with van der Waals surface area (Å²) in [6.45, 7) is 0.284. The van der Waals surface area contributed by atoms with Gasteiger partial charge in [-0.2, -0.15) is 0 Å². The summed E-state index contributed by atoms with van der Waals surface area (Å²) in [5.41, 5.74) is 1.91. The highest BCUT2D eigenvalue weighted by Gasteiger charge is 2.11. The average molecular weight is 329 g/mol. The molecule has 0 radical (unpaired) electrons. The van der Waals surface area contributed by atoms with Crippen LogP contribution in [-0.2, 0) is 11.3 Å². The van der Waals surface area contributed by atoms with Gasteiger partial charge >= 0.3 is 0 Å². The Balaban J connectivity index is 1.81. The SMILES string of the molecule is CN(C)C(=O)Cn1ccc2cc(NC(=O)c3csnn3)ccc21. The highest BCUT2D eigenvalue weighted by atomic mass is 32.1. The Kier molecular flexibility index (Phi) is 4.07. The van der Waals surface area contributed by atoms with Gasteiger partial charge in [-0.3, -0.25) is 9.59 Å². The van der Waals surface area contributed by atoms with Crippen molar-refractivity contribution in [3.05, 3.63) is 41.5 Å². The Labute approximate surface area is 136 Å². The summed E-state index contributed by atoms with van der Waals surface area (Å²) in [5.74, 6) is -0.267. The van der Waals surface area contributed by atoms with Crippen molar-refractivity contribution in [3.63, 3.8) is 0 Å². The third-order valence-electron chi connectivity index (χ3n) is 3.43. The molecule has 118 valence electrons. The minimum atomic E-state index is -0.291. The number of likely N-dealkylation sites (N-methyl/N-ethyl adjacent to an activating group) is 1. The van der Waals surface area contributed by atoms with Gasteiger partial charge in [0.25, 0.3) is 5.91 Å². The van der Waals surface area contributed by atoms with E-state index in [4.69, 9.17) is 0 Å². The molecular formula is C15H15N5O2S. The summed E-state index contributed by atoms with van der Waals surface area (Å²) in [6.07, 6.45) is 1.86. The van der Waals surface area contributed by atoms with Gasteiger partial charge in [0.15, 0.2) is 5.69 Å². The van der Waals surface area contributed by atoms with Crippen molar-refractivity contribution >= 4 is 39.9 Å². The summed E-state index contributed by atoms with van der Waals surface area (Å²) >= 11 is 1.13. The molecule has 3 aromatic rings. The summed E-state index contributed by atoms with van der Waals surface area (Å²) < 4.78 is 5.55. The number of nitrogens with zero attached hydrogens (tertiary/aromatic N) is 4. The highest BCUT2D eigenvalue weighted by molar-refractivity contribution is 7.03. The molecule has 3 rings (SSSR count). The fraction of sp³-hybridized carbons (Fsp3) is 0.200. The van der Waals surface area contributed by atoms with Crippen LogP contribution in [0.15, 0.2) is 35.8 Å². The second kappa shape index (κ2) is 6.17. The van der Waals surface area contributed by atoms with Crippen molar-refractivity contribution in [3.8, 4) is 0 Å². The normalized spacial score (nSPS) is 10.7. The van der Waals surface area contributed by atoms with Crippen LogP contribution in [0, 0.1) is 0 Å². The predicted molar refractivity (Wildman–Crippen MR) is 88.5 cm³/mol. The van der Waals surface area contributed by atoms with Gasteiger partial charge < -0.3 is 14.8 Å². The molecule has 23 heavy (non-hydrogen) atoms. The molecule has 0 spiro atoms. The second-order valence-corrected chi connectivity index (χ2v) is 5.86. The van der Waals surface area contributed by atoms with Crippen molar-refractivity contribution in [2.45, 2.75) is 6.54 Å². The van der Waals surface area contributed by atoms with E-state index >= 15 is 0 Å². The zero-order chi connectivity index (χ0) is 16.4. The van der Waals surface area contributed by atoms with E-state index in [0.29, 0.717) is 11.4 Å². The van der Waals surface area contributed by atoms with Crippen molar-refractivity contribution in [1.29, 1.82) is 0 Å². The van der Waals surface area contributed by atoms with Crippen molar-refractivity contribution in [2.24, 2.45) is 0 Å². The molecular weight excluding hydrogens is 314 g/mol. The number of fused-ring (bicyclic) bond motifs is 1. The maximum atomic E-state index is 12.0. The summed E-state index contributed by atoms with van der Waals surface area (Å²) in [6, 6.07) is 7.46. The number of hydrogen-bond acceptors (Lipinski definition) is 5. The summed E-state index contributed by atoms with van der Waals surface area (Å²) in [5, 5.41) is 9.07. The van der Waals surface area contributed by atoms with E-state index in [9.17, 15) is 9.59 Å². The Bertz CT molecular complexity index is 854. The van der Waals surface area contributed by atoms with Gasteiger partial charge in [0.1, 0.15) is 6.54 Å². The molecule has 1 aromatic carbocycles. The largest absolute Gasteiger partial charge is 0.347 e. The van der Waals surface area contributed by atoms with Crippen LogP contribution in [0.3, 0.4) is 0 Å². The van der Waals surface area contributed by atoms with Gasteiger partial charge in [0.05, 0.1) is 0 Å². The highest BCUT2D eigenvalue weighted by Crippen LogP contribution is 2.21. The number of hydrogen-bond donors (Lipinski definition) is 1. The summed E-state index contributed by atoms with van der Waals surface area (Å²) in [4.78, 5) is 25.4. The first kappa shape index (κ1) is 15.2. The lowest BCUT2D eigenvalue weighted by Crippen LogP contribution is -2.25. The smallest absolute Gasteiger partial charge is 0.277 e. The molecule has 2 heterocycles. The lowest BCUT2D eigenvalue weighted by atomic mass is 10.2. The minimum Gasteiger partial charge on any atom is -0.347 e. The van der Waals surface area contributed by atoms with Crippen molar-refractivity contribution in [1.82, 2.24) is 19.1 Å². The monoisotopic (exact) mass is 329 g/mol. The van der Waals surface area contributed by atoms with Crippen LogP contribution in [0.2, 0.25) is 0 Å². The molecule has 0 saturated carbocycles. The zero-order valence-corrected chi connectivity index (χ0v) is 13.5.